The van der Waals surface area contributed by atoms with Gasteiger partial charge in [0.15, 0.2) is 11.6 Å². The molecule has 0 aromatic carbocycles. The number of nitrogens with zero attached hydrogens (tertiary/aromatic N) is 4. The van der Waals surface area contributed by atoms with Crippen LogP contribution in [0.2, 0.25) is 0 Å². The summed E-state index contributed by atoms with van der Waals surface area (Å²) in [5, 5.41) is 3.13. The van der Waals surface area contributed by atoms with E-state index in [4.69, 9.17) is 0 Å². The third-order valence-corrected chi connectivity index (χ3v) is 8.65. The van der Waals surface area contributed by atoms with Crippen molar-refractivity contribution in [3.8, 4) is 0 Å². The first kappa shape index (κ1) is 28.8. The molecule has 0 radical (unpaired) electrons. The van der Waals surface area contributed by atoms with Crippen molar-refractivity contribution < 1.29 is 9.18 Å². The van der Waals surface area contributed by atoms with E-state index in [-0.39, 0.29) is 22.8 Å². The molecule has 2 aliphatic rings. The van der Waals surface area contributed by atoms with Gasteiger partial charge in [-0.25, -0.2) is 19.3 Å². The monoisotopic (exact) mass is 531 g/mol. The Morgan fingerprint density at radius 2 is 1.90 bits per heavy atom. The molecule has 1 aliphatic carbocycles. The third-order valence-electron chi connectivity index (χ3n) is 8.65. The molecule has 1 saturated heterocycles. The summed E-state index contributed by atoms with van der Waals surface area (Å²) < 4.78 is 15.1. The van der Waals surface area contributed by atoms with Crippen LogP contribution in [0.25, 0.3) is 5.57 Å². The minimum absolute atomic E-state index is 0.0442. The van der Waals surface area contributed by atoms with E-state index >= 15 is 4.39 Å². The van der Waals surface area contributed by atoms with Gasteiger partial charge in [0, 0.05) is 11.8 Å². The lowest BCUT2D eigenvalue weighted by molar-refractivity contribution is -0.113. The molecule has 0 bridgehead atoms. The number of hydrogen-bond acceptors (Lipinski definition) is 6. The topological polar surface area (TPSA) is 71.0 Å². The van der Waals surface area contributed by atoms with Gasteiger partial charge in [-0.2, -0.15) is 0 Å². The first-order valence-corrected chi connectivity index (χ1v) is 14.3. The summed E-state index contributed by atoms with van der Waals surface area (Å²) in [5.41, 5.74) is 3.60. The van der Waals surface area contributed by atoms with Gasteiger partial charge < -0.3 is 10.2 Å². The summed E-state index contributed by atoms with van der Waals surface area (Å²) in [6.45, 7) is 12.0. The van der Waals surface area contributed by atoms with Crippen LogP contribution in [0.1, 0.15) is 89.3 Å². The maximum Gasteiger partial charge on any atom is 0.229 e. The van der Waals surface area contributed by atoms with Crippen molar-refractivity contribution in [1.82, 2.24) is 19.9 Å². The number of hydrogen-bond donors (Lipinski definition) is 1. The molecule has 4 rings (SSSR count). The van der Waals surface area contributed by atoms with Crippen LogP contribution in [0.3, 0.4) is 0 Å². The second-order valence-electron chi connectivity index (χ2n) is 11.0. The smallest absolute Gasteiger partial charge is 0.229 e. The predicted molar refractivity (Wildman–Crippen MR) is 156 cm³/mol. The second-order valence-corrected chi connectivity index (χ2v) is 11.0. The Labute approximate surface area is 232 Å². The van der Waals surface area contributed by atoms with Crippen LogP contribution in [0, 0.1) is 11.2 Å². The van der Waals surface area contributed by atoms with Crippen molar-refractivity contribution >= 4 is 23.1 Å². The molecule has 7 heteroatoms. The van der Waals surface area contributed by atoms with Crippen molar-refractivity contribution in [1.29, 1.82) is 0 Å². The summed E-state index contributed by atoms with van der Waals surface area (Å²) in [7, 11) is 2.16. The molecule has 2 aromatic rings. The summed E-state index contributed by atoms with van der Waals surface area (Å²) >= 11 is 0. The van der Waals surface area contributed by atoms with Gasteiger partial charge in [-0.1, -0.05) is 45.4 Å². The number of carbonyl (C=O) groups excluding carboxylic acids is 1. The van der Waals surface area contributed by atoms with Gasteiger partial charge in [0.25, 0.3) is 0 Å². The molecular weight excluding hydrogens is 489 g/mol. The lowest BCUT2D eigenvalue weighted by atomic mass is 9.73. The standard InChI is InChI=1S/C32H42FN5O/c1-6-23(19-26(22(4)39)27(7-2)32(8-3)15-9-10-16-32)30-28(33)21-35-31(37-30)36-29-12-11-25(20-34-29)24-13-17-38(5)18-14-24/h7,11-12,19-21,24H,2,6,8-10,13-18H2,1,3-5H3,(H,34,35,36,37)/b23-19+,27-26-. The molecule has 0 amide bonds. The average Bonchev–Trinajstić information content (AvgIpc) is 3.43. The van der Waals surface area contributed by atoms with Crippen LogP contribution in [0.5, 0.6) is 0 Å². The minimum atomic E-state index is -0.520. The number of ketones is 1. The first-order chi connectivity index (χ1) is 18.8. The molecule has 1 saturated carbocycles. The summed E-state index contributed by atoms with van der Waals surface area (Å²) in [6.07, 6.45) is 14.8. The average molecular weight is 532 g/mol. The van der Waals surface area contributed by atoms with E-state index < -0.39 is 5.82 Å². The minimum Gasteiger partial charge on any atom is -0.309 e. The van der Waals surface area contributed by atoms with E-state index in [1.807, 2.05) is 31.3 Å². The van der Waals surface area contributed by atoms with Crippen LogP contribution in [-0.4, -0.2) is 45.8 Å². The van der Waals surface area contributed by atoms with E-state index in [9.17, 15) is 4.79 Å². The van der Waals surface area contributed by atoms with Gasteiger partial charge in [0.2, 0.25) is 5.95 Å². The van der Waals surface area contributed by atoms with Gasteiger partial charge in [-0.15, -0.1) is 0 Å². The number of anilines is 2. The molecular formula is C32H42FN5O. The highest BCUT2D eigenvalue weighted by atomic mass is 19.1. The molecule has 2 aromatic heterocycles. The highest BCUT2D eigenvalue weighted by Gasteiger charge is 2.36. The zero-order valence-electron chi connectivity index (χ0n) is 23.9. The lowest BCUT2D eigenvalue weighted by Gasteiger charge is -2.31. The highest BCUT2D eigenvalue weighted by molar-refractivity contribution is 5.99. The van der Waals surface area contributed by atoms with Crippen molar-refractivity contribution in [3.05, 3.63) is 71.5 Å². The number of nitrogens with one attached hydrogen (secondary N) is 1. The molecule has 0 atom stereocenters. The molecule has 1 aliphatic heterocycles. The Morgan fingerprint density at radius 1 is 1.18 bits per heavy atom. The Hall–Kier alpha value is -3.19. The SMILES string of the molecule is C=C/C(=C(\C=C(/CC)c1nc(Nc2ccc(C3CCN(C)CC3)cn2)ncc1F)C(C)=O)C1(CC)CCCC1. The molecule has 208 valence electrons. The maximum atomic E-state index is 15.1. The number of allylic oxidation sites excluding steroid dienone is 5. The van der Waals surface area contributed by atoms with Gasteiger partial charge >= 0.3 is 0 Å². The van der Waals surface area contributed by atoms with E-state index in [0.29, 0.717) is 29.3 Å². The van der Waals surface area contributed by atoms with Crippen molar-refractivity contribution in [2.24, 2.45) is 5.41 Å². The summed E-state index contributed by atoms with van der Waals surface area (Å²) in [5.74, 6) is 0.832. The fourth-order valence-electron chi connectivity index (χ4n) is 6.19. The van der Waals surface area contributed by atoms with E-state index in [0.717, 1.165) is 63.6 Å². The zero-order chi connectivity index (χ0) is 28.0. The van der Waals surface area contributed by atoms with Crippen LogP contribution >= 0.6 is 0 Å². The Bertz CT molecular complexity index is 1240. The summed E-state index contributed by atoms with van der Waals surface area (Å²) in [4.78, 5) is 28.5. The number of halogens is 1. The van der Waals surface area contributed by atoms with Gasteiger partial charge in [0.05, 0.1) is 6.20 Å². The molecule has 1 N–H and O–H groups in total. The Balaban J connectivity index is 1.62. The summed E-state index contributed by atoms with van der Waals surface area (Å²) in [6, 6.07) is 4.02. The number of rotatable bonds is 10. The van der Waals surface area contributed by atoms with Gasteiger partial charge in [0.1, 0.15) is 11.5 Å². The first-order valence-electron chi connectivity index (χ1n) is 14.3. The quantitative estimate of drug-likeness (QED) is 0.254. The Kier molecular flexibility index (Phi) is 9.44. The van der Waals surface area contributed by atoms with Crippen LogP contribution in [0.15, 0.2) is 54.4 Å². The molecule has 0 spiro atoms. The van der Waals surface area contributed by atoms with Crippen LogP contribution in [-0.2, 0) is 4.79 Å². The maximum absolute atomic E-state index is 15.1. The number of piperidine rings is 1. The Morgan fingerprint density at radius 3 is 2.46 bits per heavy atom. The lowest BCUT2D eigenvalue weighted by Crippen LogP contribution is -2.29. The largest absolute Gasteiger partial charge is 0.309 e. The number of carbonyl (C=O) groups is 1. The van der Waals surface area contributed by atoms with Crippen LogP contribution < -0.4 is 5.32 Å². The fourth-order valence-corrected chi connectivity index (χ4v) is 6.19. The number of likely N-dealkylation sites (tertiary alicyclic amines) is 1. The second kappa shape index (κ2) is 12.8. The van der Waals surface area contributed by atoms with Crippen molar-refractivity contribution in [3.63, 3.8) is 0 Å². The van der Waals surface area contributed by atoms with E-state index in [2.05, 4.69) is 51.8 Å². The molecule has 3 heterocycles. The normalized spacial score (nSPS) is 19.1. The number of aromatic nitrogens is 3. The van der Waals surface area contributed by atoms with Crippen molar-refractivity contribution in [2.75, 3.05) is 25.5 Å². The van der Waals surface area contributed by atoms with E-state index in [1.165, 1.54) is 11.8 Å². The molecule has 2 fully saturated rings. The van der Waals surface area contributed by atoms with Gasteiger partial charge in [-0.3, -0.25) is 4.79 Å². The van der Waals surface area contributed by atoms with Gasteiger partial charge in [-0.05, 0) is 106 Å². The third kappa shape index (κ3) is 6.52. The molecule has 0 unspecified atom stereocenters. The fraction of sp³-hybridized carbons (Fsp3) is 0.500. The highest BCUT2D eigenvalue weighted by Crippen LogP contribution is 2.48. The predicted octanol–water partition coefficient (Wildman–Crippen LogP) is 7.40. The zero-order valence-corrected chi connectivity index (χ0v) is 23.9. The number of Topliss-reactive ketones (excluding diaryl/α,β-unsaturated/α-hetero) is 1. The molecule has 6 nitrogen and oxygen atoms in total. The van der Waals surface area contributed by atoms with Crippen molar-refractivity contribution in [2.45, 2.75) is 78.1 Å². The van der Waals surface area contributed by atoms with E-state index in [1.54, 1.807) is 6.92 Å². The van der Waals surface area contributed by atoms with Crippen LogP contribution in [0.4, 0.5) is 16.2 Å². The number of pyridine rings is 1. The molecule has 39 heavy (non-hydrogen) atoms.